The second-order valence-corrected chi connectivity index (χ2v) is 6.70. The smallest absolute Gasteiger partial charge is 0.0965 e. The Labute approximate surface area is 128 Å². The van der Waals surface area contributed by atoms with Crippen molar-refractivity contribution >= 4 is 0 Å². The van der Waals surface area contributed by atoms with E-state index in [0.29, 0.717) is 6.04 Å². The Hall–Kier alpha value is -0.980. The predicted octanol–water partition coefficient (Wildman–Crippen LogP) is 1.52. The van der Waals surface area contributed by atoms with E-state index in [1.807, 2.05) is 10.9 Å². The van der Waals surface area contributed by atoms with Crippen LogP contribution < -0.4 is 5.32 Å². The Kier molecular flexibility index (Phi) is 7.28. The number of rotatable bonds is 9. The molecule has 0 amide bonds. The molecule has 6 nitrogen and oxygen atoms in total. The van der Waals surface area contributed by atoms with E-state index in [9.17, 15) is 0 Å². The van der Waals surface area contributed by atoms with Gasteiger partial charge in [0.05, 0.1) is 18.8 Å². The zero-order valence-corrected chi connectivity index (χ0v) is 14.4. The number of nitrogens with zero attached hydrogens (tertiary/aromatic N) is 4. The van der Waals surface area contributed by atoms with E-state index >= 15 is 0 Å². The molecule has 21 heavy (non-hydrogen) atoms. The Balaban J connectivity index is 2.42. The van der Waals surface area contributed by atoms with Crippen molar-refractivity contribution in [2.24, 2.45) is 0 Å². The van der Waals surface area contributed by atoms with Crippen LogP contribution in [0.1, 0.15) is 40.3 Å². The van der Waals surface area contributed by atoms with Crippen molar-refractivity contribution in [3.63, 3.8) is 0 Å². The average molecular weight is 297 g/mol. The molecule has 0 bridgehead atoms. The summed E-state index contributed by atoms with van der Waals surface area (Å²) >= 11 is 0. The second-order valence-electron chi connectivity index (χ2n) is 6.70. The number of hydrogen-bond donors (Lipinski definition) is 1. The highest BCUT2D eigenvalue weighted by Gasteiger charge is 2.12. The highest BCUT2D eigenvalue weighted by atomic mass is 16.5. The van der Waals surface area contributed by atoms with Crippen LogP contribution in [-0.2, 0) is 17.8 Å². The molecule has 0 aliphatic carbocycles. The quantitative estimate of drug-likeness (QED) is 0.749. The first-order valence-corrected chi connectivity index (χ1v) is 7.69. The van der Waals surface area contributed by atoms with Crippen LogP contribution in [0.5, 0.6) is 0 Å². The van der Waals surface area contributed by atoms with E-state index in [2.05, 4.69) is 55.1 Å². The van der Waals surface area contributed by atoms with E-state index in [0.717, 1.165) is 38.5 Å². The number of ether oxygens (including phenoxy) is 1. The molecule has 0 spiro atoms. The Morgan fingerprint density at radius 2 is 2.05 bits per heavy atom. The summed E-state index contributed by atoms with van der Waals surface area (Å²) in [5, 5.41) is 11.8. The Morgan fingerprint density at radius 1 is 1.33 bits per heavy atom. The summed E-state index contributed by atoms with van der Waals surface area (Å²) < 4.78 is 7.08. The summed E-state index contributed by atoms with van der Waals surface area (Å²) in [5.74, 6) is 0. The standard InChI is InChI=1S/C15H31N5O/c1-13(2)19(9-10-21-6)7-8-20-12-14(17-18-20)11-16-15(3,4)5/h12-13,16H,7-11H2,1-6H3. The molecule has 1 heterocycles. The zero-order chi connectivity index (χ0) is 15.9. The van der Waals surface area contributed by atoms with Crippen LogP contribution in [0, 0.1) is 0 Å². The SMILES string of the molecule is COCCN(CCn1cc(CNC(C)(C)C)nn1)C(C)C. The monoisotopic (exact) mass is 297 g/mol. The zero-order valence-electron chi connectivity index (χ0n) is 14.4. The molecule has 1 rings (SSSR count). The number of aromatic nitrogens is 3. The fraction of sp³-hybridized carbons (Fsp3) is 0.867. The molecule has 0 aliphatic heterocycles. The van der Waals surface area contributed by atoms with Gasteiger partial charge in [0.25, 0.3) is 0 Å². The van der Waals surface area contributed by atoms with Gasteiger partial charge in [-0.25, -0.2) is 0 Å². The number of nitrogens with one attached hydrogen (secondary N) is 1. The molecule has 0 aromatic carbocycles. The van der Waals surface area contributed by atoms with Gasteiger partial charge in [0, 0.05) is 44.5 Å². The van der Waals surface area contributed by atoms with Crippen LogP contribution >= 0.6 is 0 Å². The lowest BCUT2D eigenvalue weighted by Gasteiger charge is -2.25. The normalized spacial score (nSPS) is 12.6. The maximum absolute atomic E-state index is 5.16. The van der Waals surface area contributed by atoms with Crippen molar-refractivity contribution in [2.75, 3.05) is 26.8 Å². The minimum Gasteiger partial charge on any atom is -0.383 e. The molecule has 1 N–H and O–H groups in total. The summed E-state index contributed by atoms with van der Waals surface area (Å²) in [6.45, 7) is 15.1. The maximum Gasteiger partial charge on any atom is 0.0965 e. The van der Waals surface area contributed by atoms with Crippen molar-refractivity contribution in [2.45, 2.75) is 59.3 Å². The van der Waals surface area contributed by atoms with Gasteiger partial charge in [0.15, 0.2) is 0 Å². The molecule has 0 saturated heterocycles. The molecule has 0 aliphatic rings. The molecule has 6 heteroatoms. The molecule has 1 aromatic rings. The number of methoxy groups -OCH3 is 1. The van der Waals surface area contributed by atoms with E-state index in [4.69, 9.17) is 4.74 Å². The lowest BCUT2D eigenvalue weighted by atomic mass is 10.1. The second kappa shape index (κ2) is 8.46. The minimum absolute atomic E-state index is 0.0956. The van der Waals surface area contributed by atoms with Gasteiger partial charge in [-0.15, -0.1) is 5.10 Å². The van der Waals surface area contributed by atoms with E-state index in [-0.39, 0.29) is 5.54 Å². The van der Waals surface area contributed by atoms with Gasteiger partial charge in [-0.05, 0) is 34.6 Å². The van der Waals surface area contributed by atoms with Crippen LogP contribution in [0.2, 0.25) is 0 Å². The molecule has 0 radical (unpaired) electrons. The van der Waals surface area contributed by atoms with Crippen LogP contribution in [-0.4, -0.2) is 58.3 Å². The third kappa shape index (κ3) is 7.55. The summed E-state index contributed by atoms with van der Waals surface area (Å²) in [7, 11) is 1.74. The first-order chi connectivity index (χ1) is 9.81. The molecule has 122 valence electrons. The van der Waals surface area contributed by atoms with Crippen LogP contribution in [0.4, 0.5) is 0 Å². The van der Waals surface area contributed by atoms with Gasteiger partial charge >= 0.3 is 0 Å². The van der Waals surface area contributed by atoms with Crippen LogP contribution in [0.3, 0.4) is 0 Å². The van der Waals surface area contributed by atoms with Gasteiger partial charge < -0.3 is 10.1 Å². The largest absolute Gasteiger partial charge is 0.383 e. The third-order valence-corrected chi connectivity index (χ3v) is 3.32. The summed E-state index contributed by atoms with van der Waals surface area (Å²) in [6.07, 6.45) is 2.02. The molecular weight excluding hydrogens is 266 g/mol. The summed E-state index contributed by atoms with van der Waals surface area (Å²) in [4.78, 5) is 2.39. The minimum atomic E-state index is 0.0956. The lowest BCUT2D eigenvalue weighted by molar-refractivity contribution is 0.125. The molecule has 0 fully saturated rings. The molecule has 0 saturated carbocycles. The number of hydrogen-bond acceptors (Lipinski definition) is 5. The van der Waals surface area contributed by atoms with E-state index in [1.54, 1.807) is 7.11 Å². The van der Waals surface area contributed by atoms with E-state index < -0.39 is 0 Å². The van der Waals surface area contributed by atoms with Gasteiger partial charge in [-0.2, -0.15) is 0 Å². The first-order valence-electron chi connectivity index (χ1n) is 7.69. The van der Waals surface area contributed by atoms with Gasteiger partial charge in [0.1, 0.15) is 0 Å². The molecule has 1 aromatic heterocycles. The van der Waals surface area contributed by atoms with Crippen LogP contribution in [0.15, 0.2) is 6.20 Å². The fourth-order valence-corrected chi connectivity index (χ4v) is 1.95. The average Bonchev–Trinajstić information content (AvgIpc) is 2.83. The third-order valence-electron chi connectivity index (χ3n) is 3.32. The van der Waals surface area contributed by atoms with Crippen LogP contribution in [0.25, 0.3) is 0 Å². The predicted molar refractivity (Wildman–Crippen MR) is 85.2 cm³/mol. The van der Waals surface area contributed by atoms with Crippen molar-refractivity contribution < 1.29 is 4.74 Å². The summed E-state index contributed by atoms with van der Waals surface area (Å²) in [6, 6.07) is 0.505. The first kappa shape index (κ1) is 18.1. The highest BCUT2D eigenvalue weighted by molar-refractivity contribution is 4.93. The van der Waals surface area contributed by atoms with Crippen molar-refractivity contribution in [1.29, 1.82) is 0 Å². The van der Waals surface area contributed by atoms with E-state index in [1.165, 1.54) is 0 Å². The maximum atomic E-state index is 5.16. The highest BCUT2D eigenvalue weighted by Crippen LogP contribution is 2.03. The van der Waals surface area contributed by atoms with Crippen molar-refractivity contribution in [1.82, 2.24) is 25.2 Å². The van der Waals surface area contributed by atoms with Gasteiger partial charge in [-0.3, -0.25) is 9.58 Å². The fourth-order valence-electron chi connectivity index (χ4n) is 1.95. The molecule has 0 unspecified atom stereocenters. The van der Waals surface area contributed by atoms with Crippen molar-refractivity contribution in [3.8, 4) is 0 Å². The van der Waals surface area contributed by atoms with Gasteiger partial charge in [0.2, 0.25) is 0 Å². The van der Waals surface area contributed by atoms with Crippen molar-refractivity contribution in [3.05, 3.63) is 11.9 Å². The Bertz CT molecular complexity index is 397. The van der Waals surface area contributed by atoms with Gasteiger partial charge in [-0.1, -0.05) is 5.21 Å². The molecule has 0 atom stereocenters. The Morgan fingerprint density at radius 3 is 2.62 bits per heavy atom. The topological polar surface area (TPSA) is 55.2 Å². The summed E-state index contributed by atoms with van der Waals surface area (Å²) in [5.41, 5.74) is 1.08. The lowest BCUT2D eigenvalue weighted by Crippen LogP contribution is -2.36. The molecular formula is C15H31N5O.